The van der Waals surface area contributed by atoms with Gasteiger partial charge in [-0.05, 0) is 80.8 Å². The van der Waals surface area contributed by atoms with Crippen LogP contribution in [0.5, 0.6) is 0 Å². The van der Waals surface area contributed by atoms with E-state index >= 15 is 0 Å². The zero-order valence-electron chi connectivity index (χ0n) is 30.0. The van der Waals surface area contributed by atoms with Gasteiger partial charge in [0.2, 0.25) is 11.8 Å². The number of benzene rings is 2. The fourth-order valence-electron chi connectivity index (χ4n) is 5.97. The van der Waals surface area contributed by atoms with Crippen molar-refractivity contribution in [1.82, 2.24) is 16.0 Å². The number of Topliss-reactive ketones (excluding diaryl/α,β-unsaturated/α-hetero) is 1. The first-order valence-corrected chi connectivity index (χ1v) is 18.2. The molecule has 1 atom stereocenters. The van der Waals surface area contributed by atoms with E-state index in [-0.39, 0.29) is 42.3 Å². The van der Waals surface area contributed by atoms with Gasteiger partial charge in [0.1, 0.15) is 18.4 Å². The number of carbonyl (C=O) groups is 4. The van der Waals surface area contributed by atoms with Crippen molar-refractivity contribution in [3.05, 3.63) is 59.7 Å². The normalized spacial score (nSPS) is 12.6. The average molecular weight is 696 g/mol. The van der Waals surface area contributed by atoms with Gasteiger partial charge in [-0.1, -0.05) is 48.5 Å². The Balaban J connectivity index is 1.08. The van der Waals surface area contributed by atoms with Crippen molar-refractivity contribution in [2.75, 3.05) is 66.9 Å². The van der Waals surface area contributed by atoms with E-state index < -0.39 is 6.04 Å². The van der Waals surface area contributed by atoms with E-state index in [2.05, 4.69) is 40.2 Å². The third kappa shape index (κ3) is 15.1. The summed E-state index contributed by atoms with van der Waals surface area (Å²) in [4.78, 5) is 48.9. The summed E-state index contributed by atoms with van der Waals surface area (Å²) in [5.74, 6) is -0.562. The Hall–Kier alpha value is -3.64. The fourth-order valence-corrected chi connectivity index (χ4v) is 5.97. The van der Waals surface area contributed by atoms with Gasteiger partial charge in [0.25, 0.3) is 0 Å². The molecule has 0 radical (unpaired) electrons. The maximum absolute atomic E-state index is 12.4. The van der Waals surface area contributed by atoms with E-state index in [9.17, 15) is 19.2 Å². The summed E-state index contributed by atoms with van der Waals surface area (Å²) in [6, 6.07) is 16.1. The van der Waals surface area contributed by atoms with E-state index in [1.54, 1.807) is 7.05 Å². The van der Waals surface area contributed by atoms with Crippen LogP contribution in [0.3, 0.4) is 0 Å². The molecule has 0 bridgehead atoms. The number of carbonyl (C=O) groups excluding carboxylic acids is 4. The van der Waals surface area contributed by atoms with Crippen LogP contribution in [0.4, 0.5) is 0 Å². The maximum atomic E-state index is 12.4. The second kappa shape index (κ2) is 24.5. The van der Waals surface area contributed by atoms with Gasteiger partial charge < -0.3 is 34.9 Å². The Bertz CT molecular complexity index is 1270. The molecule has 0 aliphatic heterocycles. The molecule has 276 valence electrons. The molecule has 0 aromatic heterocycles. The fraction of sp³-hybridized carbons (Fsp3) is 0.590. The highest BCUT2D eigenvalue weighted by atomic mass is 16.5. The number of nitrogens with one attached hydrogen (secondary N) is 3. The lowest BCUT2D eigenvalue weighted by molar-refractivity contribution is -0.144. The summed E-state index contributed by atoms with van der Waals surface area (Å²) < 4.78 is 22.4. The summed E-state index contributed by atoms with van der Waals surface area (Å²) in [5, 5.41) is 8.41. The number of ether oxygens (including phenoxy) is 4. The molecule has 2 aromatic carbocycles. The Kier molecular flexibility index (Phi) is 20.0. The molecule has 1 aliphatic rings. The lowest BCUT2D eigenvalue weighted by atomic mass is 9.98. The molecule has 1 aliphatic carbocycles. The van der Waals surface area contributed by atoms with E-state index in [0.717, 1.165) is 32.2 Å². The smallest absolute Gasteiger partial charge is 0.305 e. The third-order valence-corrected chi connectivity index (χ3v) is 8.73. The van der Waals surface area contributed by atoms with Gasteiger partial charge in [-0.2, -0.15) is 0 Å². The number of ketones is 1. The molecule has 2 amide bonds. The molecule has 1 unspecified atom stereocenters. The number of hydrogen-bond donors (Lipinski definition) is 3. The van der Waals surface area contributed by atoms with Crippen molar-refractivity contribution in [3.8, 4) is 11.1 Å². The zero-order valence-corrected chi connectivity index (χ0v) is 30.0. The van der Waals surface area contributed by atoms with Gasteiger partial charge >= 0.3 is 5.97 Å². The van der Waals surface area contributed by atoms with Crippen LogP contribution in [0.2, 0.25) is 0 Å². The van der Waals surface area contributed by atoms with Crippen LogP contribution < -0.4 is 16.0 Å². The van der Waals surface area contributed by atoms with Crippen molar-refractivity contribution < 1.29 is 38.1 Å². The molecule has 11 heteroatoms. The third-order valence-electron chi connectivity index (χ3n) is 8.73. The second-order valence-electron chi connectivity index (χ2n) is 12.5. The minimum Gasteiger partial charge on any atom is -0.465 e. The SMILES string of the molecule is CNCCCCC(NC(=O)CCC(=O)CCCCOCCOCCOCCCCC(=O)OCC1c2ccccc2-c2ccccc21)C(=O)NC. The Morgan fingerprint density at radius 2 is 1.24 bits per heavy atom. The first kappa shape index (κ1) is 40.8. The topological polar surface area (TPSA) is 141 Å². The lowest BCUT2D eigenvalue weighted by Gasteiger charge is -2.17. The molecule has 0 saturated carbocycles. The number of rotatable bonds is 28. The van der Waals surface area contributed by atoms with Crippen molar-refractivity contribution in [2.24, 2.45) is 0 Å². The Morgan fingerprint density at radius 3 is 1.84 bits per heavy atom. The first-order chi connectivity index (χ1) is 24.4. The first-order valence-electron chi connectivity index (χ1n) is 18.2. The summed E-state index contributed by atoms with van der Waals surface area (Å²) >= 11 is 0. The summed E-state index contributed by atoms with van der Waals surface area (Å²) in [5.41, 5.74) is 4.87. The molecule has 0 heterocycles. The van der Waals surface area contributed by atoms with Crippen LogP contribution in [0, 0.1) is 0 Å². The monoisotopic (exact) mass is 695 g/mol. The molecule has 3 N–H and O–H groups in total. The van der Waals surface area contributed by atoms with E-state index in [0.29, 0.717) is 78.4 Å². The molecule has 2 aromatic rings. The van der Waals surface area contributed by atoms with Crippen molar-refractivity contribution in [3.63, 3.8) is 0 Å². The van der Waals surface area contributed by atoms with Gasteiger partial charge in [0.05, 0.1) is 26.4 Å². The zero-order chi connectivity index (χ0) is 35.8. The highest BCUT2D eigenvalue weighted by molar-refractivity contribution is 5.89. The molecule has 0 fully saturated rings. The number of hydrogen-bond acceptors (Lipinski definition) is 9. The van der Waals surface area contributed by atoms with Crippen molar-refractivity contribution in [2.45, 2.75) is 82.6 Å². The lowest BCUT2D eigenvalue weighted by Crippen LogP contribution is -2.45. The minimum absolute atomic E-state index is 0.0335. The molecule has 0 spiro atoms. The predicted molar refractivity (Wildman–Crippen MR) is 193 cm³/mol. The van der Waals surface area contributed by atoms with Gasteiger partial charge in [-0.25, -0.2) is 0 Å². The van der Waals surface area contributed by atoms with Crippen molar-refractivity contribution >= 4 is 23.6 Å². The quantitative estimate of drug-likeness (QED) is 0.0854. The number of likely N-dealkylation sites (N-methyl/N-ethyl adjacent to an activating group) is 1. The number of amides is 2. The minimum atomic E-state index is -0.575. The molecular formula is C39H57N3O8. The second-order valence-corrected chi connectivity index (χ2v) is 12.5. The maximum Gasteiger partial charge on any atom is 0.305 e. The van der Waals surface area contributed by atoms with Crippen LogP contribution in [-0.4, -0.2) is 96.5 Å². The van der Waals surface area contributed by atoms with E-state index in [4.69, 9.17) is 18.9 Å². The number of esters is 1. The van der Waals surface area contributed by atoms with E-state index in [1.165, 1.54) is 22.3 Å². The Morgan fingerprint density at radius 1 is 0.660 bits per heavy atom. The van der Waals surface area contributed by atoms with Crippen LogP contribution in [0.1, 0.15) is 87.7 Å². The van der Waals surface area contributed by atoms with Gasteiger partial charge in [0, 0.05) is 51.9 Å². The summed E-state index contributed by atoms with van der Waals surface area (Å²) in [6.07, 6.45) is 6.26. The Labute approximate surface area is 297 Å². The van der Waals surface area contributed by atoms with Crippen LogP contribution in [0.15, 0.2) is 48.5 Å². The predicted octanol–water partition coefficient (Wildman–Crippen LogP) is 4.70. The average Bonchev–Trinajstić information content (AvgIpc) is 3.45. The summed E-state index contributed by atoms with van der Waals surface area (Å²) in [6.45, 7) is 4.20. The van der Waals surface area contributed by atoms with E-state index in [1.807, 2.05) is 31.3 Å². The van der Waals surface area contributed by atoms with Crippen LogP contribution >= 0.6 is 0 Å². The standard InChI is InChI=1S/C39H57N3O8/c1-40-22-10-7-18-36(39(46)41-2)42-37(44)21-20-30(43)13-8-11-23-47-25-27-49-28-26-48-24-12-9-19-38(45)50-29-35-33-16-5-3-14-31(33)32-15-4-6-17-34(32)35/h3-6,14-17,35-36,40H,7-13,18-29H2,1-2H3,(H,41,46)(H,42,44). The van der Waals surface area contributed by atoms with Crippen LogP contribution in [-0.2, 0) is 38.1 Å². The molecule has 11 nitrogen and oxygen atoms in total. The van der Waals surface area contributed by atoms with Gasteiger partial charge in [-0.15, -0.1) is 0 Å². The molecule has 0 saturated heterocycles. The molecule has 50 heavy (non-hydrogen) atoms. The highest BCUT2D eigenvalue weighted by Crippen LogP contribution is 2.44. The van der Waals surface area contributed by atoms with Gasteiger partial charge in [0.15, 0.2) is 0 Å². The largest absolute Gasteiger partial charge is 0.465 e. The number of fused-ring (bicyclic) bond motifs is 3. The van der Waals surface area contributed by atoms with Gasteiger partial charge in [-0.3, -0.25) is 19.2 Å². The highest BCUT2D eigenvalue weighted by Gasteiger charge is 2.29. The van der Waals surface area contributed by atoms with Crippen molar-refractivity contribution in [1.29, 1.82) is 0 Å². The molecular weight excluding hydrogens is 638 g/mol. The molecule has 3 rings (SSSR count). The number of unbranched alkanes of at least 4 members (excludes halogenated alkanes) is 3. The summed E-state index contributed by atoms with van der Waals surface area (Å²) in [7, 11) is 3.43. The van der Waals surface area contributed by atoms with Crippen LogP contribution in [0.25, 0.3) is 11.1 Å².